The van der Waals surface area contributed by atoms with E-state index in [1.165, 1.54) is 0 Å². The van der Waals surface area contributed by atoms with E-state index in [0.717, 1.165) is 11.4 Å². The second-order valence-corrected chi connectivity index (χ2v) is 4.13. The van der Waals surface area contributed by atoms with Crippen LogP contribution < -0.4 is 5.32 Å². The number of aromatic nitrogens is 1. The van der Waals surface area contributed by atoms with E-state index >= 15 is 0 Å². The fourth-order valence-electron chi connectivity index (χ4n) is 0.991. The van der Waals surface area contributed by atoms with Crippen LogP contribution in [0.4, 0.5) is 0 Å². The highest BCUT2D eigenvalue weighted by Crippen LogP contribution is 2.06. The van der Waals surface area contributed by atoms with Crippen LogP contribution in [0.5, 0.6) is 0 Å². The summed E-state index contributed by atoms with van der Waals surface area (Å²) >= 11 is 1.59. The Bertz CT molecular complexity index is 257. The Morgan fingerprint density at radius 3 is 3.00 bits per heavy atom. The maximum atomic E-state index is 11.2. The molecule has 1 rings (SSSR count). The van der Waals surface area contributed by atoms with Gasteiger partial charge in [-0.3, -0.25) is 4.79 Å². The molecular formula is C9H14N2OS. The smallest absolute Gasteiger partial charge is 0.220 e. The third-order valence-electron chi connectivity index (χ3n) is 1.50. The first kappa shape index (κ1) is 10.2. The van der Waals surface area contributed by atoms with Gasteiger partial charge in [0.05, 0.1) is 5.01 Å². The van der Waals surface area contributed by atoms with Gasteiger partial charge in [-0.25, -0.2) is 4.98 Å². The van der Waals surface area contributed by atoms with Gasteiger partial charge in [0.15, 0.2) is 0 Å². The van der Waals surface area contributed by atoms with E-state index in [4.69, 9.17) is 0 Å². The molecule has 72 valence electrons. The molecule has 13 heavy (non-hydrogen) atoms. The maximum absolute atomic E-state index is 11.2. The molecule has 4 heteroatoms. The number of nitrogens with one attached hydrogen (secondary N) is 1. The minimum Gasteiger partial charge on any atom is -0.354 e. The van der Waals surface area contributed by atoms with Crippen molar-refractivity contribution in [3.8, 4) is 0 Å². The molecule has 1 amide bonds. The molecule has 0 radical (unpaired) electrons. The average molecular weight is 198 g/mol. The zero-order valence-corrected chi connectivity index (χ0v) is 8.73. The fourth-order valence-corrected chi connectivity index (χ4v) is 1.61. The molecule has 0 unspecified atom stereocenters. The van der Waals surface area contributed by atoms with Gasteiger partial charge in [0.25, 0.3) is 0 Å². The molecule has 1 aromatic heterocycles. The Kier molecular flexibility index (Phi) is 3.89. The van der Waals surface area contributed by atoms with Crippen molar-refractivity contribution >= 4 is 17.2 Å². The summed E-state index contributed by atoms with van der Waals surface area (Å²) in [6, 6.07) is 0.226. The van der Waals surface area contributed by atoms with Crippen LogP contribution in [-0.4, -0.2) is 16.9 Å². The summed E-state index contributed by atoms with van der Waals surface area (Å²) in [6.45, 7) is 3.92. The van der Waals surface area contributed by atoms with Crippen LogP contribution in [0, 0.1) is 0 Å². The van der Waals surface area contributed by atoms with Crippen LogP contribution in [0.1, 0.15) is 25.3 Å². The molecule has 1 heterocycles. The van der Waals surface area contributed by atoms with Gasteiger partial charge >= 0.3 is 0 Å². The Hall–Kier alpha value is -0.900. The van der Waals surface area contributed by atoms with Crippen LogP contribution in [0.25, 0.3) is 0 Å². The van der Waals surface area contributed by atoms with Crippen molar-refractivity contribution in [1.29, 1.82) is 0 Å². The molecule has 0 bridgehead atoms. The average Bonchev–Trinajstić information content (AvgIpc) is 2.51. The quantitative estimate of drug-likeness (QED) is 0.798. The molecule has 0 atom stereocenters. The molecule has 0 saturated heterocycles. The van der Waals surface area contributed by atoms with Crippen molar-refractivity contribution in [2.75, 3.05) is 0 Å². The van der Waals surface area contributed by atoms with E-state index in [2.05, 4.69) is 10.3 Å². The molecule has 3 nitrogen and oxygen atoms in total. The van der Waals surface area contributed by atoms with E-state index in [1.54, 1.807) is 17.5 Å². The van der Waals surface area contributed by atoms with Gasteiger partial charge in [-0.05, 0) is 13.8 Å². The monoisotopic (exact) mass is 198 g/mol. The fraction of sp³-hybridized carbons (Fsp3) is 0.556. The molecule has 1 N–H and O–H groups in total. The first-order valence-electron chi connectivity index (χ1n) is 4.36. The standard InChI is InChI=1S/C9H14N2OS/c1-7(2)11-8(12)3-4-9-10-5-6-13-9/h5-7H,3-4H2,1-2H3,(H,11,12). The molecule has 0 aliphatic heterocycles. The summed E-state index contributed by atoms with van der Waals surface area (Å²) < 4.78 is 0. The number of hydrogen-bond acceptors (Lipinski definition) is 3. The lowest BCUT2D eigenvalue weighted by molar-refractivity contribution is -0.121. The van der Waals surface area contributed by atoms with E-state index in [9.17, 15) is 4.79 Å². The van der Waals surface area contributed by atoms with Crippen molar-refractivity contribution in [1.82, 2.24) is 10.3 Å². The van der Waals surface area contributed by atoms with Crippen LogP contribution in [-0.2, 0) is 11.2 Å². The number of amides is 1. The minimum absolute atomic E-state index is 0.102. The van der Waals surface area contributed by atoms with Crippen molar-refractivity contribution < 1.29 is 4.79 Å². The van der Waals surface area contributed by atoms with Crippen molar-refractivity contribution in [2.24, 2.45) is 0 Å². The van der Waals surface area contributed by atoms with Crippen molar-refractivity contribution in [3.05, 3.63) is 16.6 Å². The summed E-state index contributed by atoms with van der Waals surface area (Å²) in [4.78, 5) is 15.3. The van der Waals surface area contributed by atoms with Crippen LogP contribution in [0.15, 0.2) is 11.6 Å². The van der Waals surface area contributed by atoms with Crippen molar-refractivity contribution in [2.45, 2.75) is 32.7 Å². The molecule has 0 aromatic carbocycles. The SMILES string of the molecule is CC(C)NC(=O)CCc1nccs1. The highest BCUT2D eigenvalue weighted by Gasteiger charge is 2.04. The lowest BCUT2D eigenvalue weighted by Crippen LogP contribution is -2.30. The summed E-state index contributed by atoms with van der Waals surface area (Å²) in [5, 5.41) is 5.80. The number of thiazole rings is 1. The van der Waals surface area contributed by atoms with Crippen LogP contribution in [0.3, 0.4) is 0 Å². The van der Waals surface area contributed by atoms with E-state index in [0.29, 0.717) is 6.42 Å². The first-order chi connectivity index (χ1) is 6.18. The predicted octanol–water partition coefficient (Wildman–Crippen LogP) is 1.60. The third-order valence-corrected chi connectivity index (χ3v) is 2.34. The number of aryl methyl sites for hydroxylation is 1. The third kappa shape index (κ3) is 4.03. The zero-order valence-electron chi connectivity index (χ0n) is 7.91. The Labute approximate surface area is 82.2 Å². The molecule has 0 fully saturated rings. The lowest BCUT2D eigenvalue weighted by Gasteiger charge is -2.06. The van der Waals surface area contributed by atoms with Gasteiger partial charge in [-0.15, -0.1) is 11.3 Å². The van der Waals surface area contributed by atoms with Gasteiger partial charge in [0.1, 0.15) is 0 Å². The molecule has 0 aliphatic carbocycles. The van der Waals surface area contributed by atoms with E-state index in [1.807, 2.05) is 19.2 Å². The summed E-state index contributed by atoms with van der Waals surface area (Å²) in [5.74, 6) is 0.102. The van der Waals surface area contributed by atoms with Gasteiger partial charge in [0, 0.05) is 30.5 Å². The summed E-state index contributed by atoms with van der Waals surface area (Å²) in [5.41, 5.74) is 0. The van der Waals surface area contributed by atoms with Crippen LogP contribution >= 0.6 is 11.3 Å². The number of nitrogens with zero attached hydrogens (tertiary/aromatic N) is 1. The lowest BCUT2D eigenvalue weighted by atomic mass is 10.3. The predicted molar refractivity (Wildman–Crippen MR) is 53.7 cm³/mol. The first-order valence-corrected chi connectivity index (χ1v) is 5.24. The molecular weight excluding hydrogens is 184 g/mol. The number of rotatable bonds is 4. The second-order valence-electron chi connectivity index (χ2n) is 3.15. The van der Waals surface area contributed by atoms with Gasteiger partial charge in [-0.1, -0.05) is 0 Å². The Morgan fingerprint density at radius 2 is 2.46 bits per heavy atom. The van der Waals surface area contributed by atoms with Gasteiger partial charge in [-0.2, -0.15) is 0 Å². The normalized spacial score (nSPS) is 10.4. The van der Waals surface area contributed by atoms with E-state index in [-0.39, 0.29) is 11.9 Å². The van der Waals surface area contributed by atoms with E-state index < -0.39 is 0 Å². The van der Waals surface area contributed by atoms with Gasteiger partial charge < -0.3 is 5.32 Å². The summed E-state index contributed by atoms with van der Waals surface area (Å²) in [7, 11) is 0. The second kappa shape index (κ2) is 4.97. The summed E-state index contributed by atoms with van der Waals surface area (Å²) in [6.07, 6.45) is 3.04. The minimum atomic E-state index is 0.102. The molecule has 0 aliphatic rings. The number of hydrogen-bond donors (Lipinski definition) is 1. The number of carbonyl (C=O) groups excluding carboxylic acids is 1. The topological polar surface area (TPSA) is 42.0 Å². The largest absolute Gasteiger partial charge is 0.354 e. The highest BCUT2D eigenvalue weighted by molar-refractivity contribution is 7.09. The number of carbonyl (C=O) groups is 1. The zero-order chi connectivity index (χ0) is 9.68. The molecule has 0 saturated carbocycles. The molecule has 1 aromatic rings. The Morgan fingerprint density at radius 1 is 1.69 bits per heavy atom. The highest BCUT2D eigenvalue weighted by atomic mass is 32.1. The molecule has 0 spiro atoms. The van der Waals surface area contributed by atoms with Crippen molar-refractivity contribution in [3.63, 3.8) is 0 Å². The Balaban J connectivity index is 2.23. The van der Waals surface area contributed by atoms with Gasteiger partial charge in [0.2, 0.25) is 5.91 Å². The van der Waals surface area contributed by atoms with Crippen LogP contribution in [0.2, 0.25) is 0 Å². The maximum Gasteiger partial charge on any atom is 0.220 e.